The summed E-state index contributed by atoms with van der Waals surface area (Å²) in [6, 6.07) is 79.5. The van der Waals surface area contributed by atoms with E-state index in [1.807, 2.05) is 6.20 Å². The topological polar surface area (TPSA) is 30.7 Å². The number of hydrogen-bond donors (Lipinski definition) is 0. The zero-order valence-corrected chi connectivity index (χ0v) is 36.6. The third-order valence-electron chi connectivity index (χ3n) is 15.1. The molecule has 3 nitrogen and oxygen atoms in total. The maximum Gasteiger partial charge on any atom is 0.0980 e. The van der Waals surface area contributed by atoms with Crippen molar-refractivity contribution in [2.45, 2.75) is 12.3 Å². The molecule has 0 bridgehead atoms. The van der Waals surface area contributed by atoms with Crippen LogP contribution < -0.4 is 0 Å². The number of aryl methyl sites for hydroxylation is 1. The second-order valence-electron chi connectivity index (χ2n) is 18.6. The van der Waals surface area contributed by atoms with Gasteiger partial charge in [-0.15, -0.1) is 0 Å². The highest BCUT2D eigenvalue weighted by Crippen LogP contribution is 2.63. The molecule has 2 heterocycles. The van der Waals surface area contributed by atoms with Gasteiger partial charge in [0.05, 0.1) is 22.1 Å². The van der Waals surface area contributed by atoms with E-state index >= 15 is 0 Å². The van der Waals surface area contributed by atoms with Gasteiger partial charge in [-0.1, -0.05) is 163 Å². The van der Waals surface area contributed by atoms with Crippen molar-refractivity contribution >= 4 is 64.9 Å². The Balaban J connectivity index is 1.03. The van der Waals surface area contributed by atoms with Crippen molar-refractivity contribution in [1.29, 1.82) is 0 Å². The molecule has 0 fully saturated rings. The zero-order chi connectivity index (χ0) is 44.0. The molecule has 15 rings (SSSR count). The lowest BCUT2D eigenvalue weighted by Crippen LogP contribution is -2.26. The van der Waals surface area contributed by atoms with E-state index in [0.29, 0.717) is 0 Å². The molecule has 11 aromatic carbocycles. The summed E-state index contributed by atoms with van der Waals surface area (Å²) >= 11 is 0. The summed E-state index contributed by atoms with van der Waals surface area (Å²) < 4.78 is 2.47. The molecule has 67 heavy (non-hydrogen) atoms. The summed E-state index contributed by atoms with van der Waals surface area (Å²) in [6.45, 7) is 2.16. The number of aromatic nitrogens is 3. The van der Waals surface area contributed by atoms with Crippen molar-refractivity contribution in [1.82, 2.24) is 14.8 Å². The summed E-state index contributed by atoms with van der Waals surface area (Å²) in [5.41, 5.74) is 18.6. The van der Waals surface area contributed by atoms with Crippen LogP contribution in [0.25, 0.3) is 115 Å². The third kappa shape index (κ3) is 4.90. The standard InChI is InChI=1S/C64H39N3/c1-38-23-24-42-32-43(26-25-41(42)31-38)61-47-18-7-9-20-49(47)62(50-21-10-8-19-48(50)61)44-27-28-51-57(34-44)64(56-29-30-65-66-63(51)56)55-22-12-11-17-46(55)52-36-54-53-33-39-13-5-6-14-40(39)35-59(53)67(60(54)37-58(52)64)45-15-3-2-4-16-45/h2-37H,1H3. The van der Waals surface area contributed by atoms with Crippen LogP contribution in [0.1, 0.15) is 27.8 Å². The first-order valence-corrected chi connectivity index (χ1v) is 23.2. The fraction of sp³-hybridized carbons (Fsp3) is 0.0312. The van der Waals surface area contributed by atoms with Crippen LogP contribution in [-0.4, -0.2) is 14.8 Å². The van der Waals surface area contributed by atoms with Crippen molar-refractivity contribution in [3.05, 3.63) is 246 Å². The molecule has 0 aliphatic heterocycles. The monoisotopic (exact) mass is 849 g/mol. The van der Waals surface area contributed by atoms with E-state index in [1.165, 1.54) is 126 Å². The van der Waals surface area contributed by atoms with Crippen molar-refractivity contribution < 1.29 is 0 Å². The fourth-order valence-electron chi connectivity index (χ4n) is 12.4. The van der Waals surface area contributed by atoms with E-state index in [2.05, 4.69) is 229 Å². The second kappa shape index (κ2) is 13.4. The van der Waals surface area contributed by atoms with E-state index in [1.54, 1.807) is 0 Å². The average Bonchev–Trinajstić information content (AvgIpc) is 3.97. The molecule has 310 valence electrons. The van der Waals surface area contributed by atoms with Gasteiger partial charge in [0.25, 0.3) is 0 Å². The molecule has 0 N–H and O–H groups in total. The molecule has 2 aliphatic carbocycles. The van der Waals surface area contributed by atoms with Gasteiger partial charge in [0.1, 0.15) is 0 Å². The summed E-state index contributed by atoms with van der Waals surface area (Å²) in [6.07, 6.45) is 1.88. The highest BCUT2D eigenvalue weighted by molar-refractivity contribution is 6.22. The van der Waals surface area contributed by atoms with Crippen LogP contribution >= 0.6 is 0 Å². The van der Waals surface area contributed by atoms with Crippen LogP contribution in [0.4, 0.5) is 0 Å². The Morgan fingerprint density at radius 3 is 1.73 bits per heavy atom. The fourth-order valence-corrected chi connectivity index (χ4v) is 12.4. The van der Waals surface area contributed by atoms with E-state index < -0.39 is 5.41 Å². The third-order valence-corrected chi connectivity index (χ3v) is 15.1. The summed E-state index contributed by atoms with van der Waals surface area (Å²) in [7, 11) is 0. The molecule has 0 saturated carbocycles. The number of benzene rings is 11. The summed E-state index contributed by atoms with van der Waals surface area (Å²) in [4.78, 5) is 0. The highest BCUT2D eigenvalue weighted by atomic mass is 15.1. The summed E-state index contributed by atoms with van der Waals surface area (Å²) in [5, 5.41) is 22.0. The van der Waals surface area contributed by atoms with Crippen molar-refractivity contribution in [2.75, 3.05) is 0 Å². The van der Waals surface area contributed by atoms with Gasteiger partial charge in [-0.2, -0.15) is 10.2 Å². The van der Waals surface area contributed by atoms with Gasteiger partial charge < -0.3 is 4.57 Å². The summed E-state index contributed by atoms with van der Waals surface area (Å²) in [5.74, 6) is 0. The van der Waals surface area contributed by atoms with Crippen LogP contribution in [0.5, 0.6) is 0 Å². The van der Waals surface area contributed by atoms with Gasteiger partial charge in [0.15, 0.2) is 0 Å². The zero-order valence-electron chi connectivity index (χ0n) is 36.6. The quantitative estimate of drug-likeness (QED) is 0.166. The van der Waals surface area contributed by atoms with Crippen LogP contribution in [0, 0.1) is 6.92 Å². The molecule has 0 saturated heterocycles. The Labute approximate surface area is 386 Å². The highest BCUT2D eigenvalue weighted by Gasteiger charge is 2.53. The van der Waals surface area contributed by atoms with Crippen LogP contribution in [0.3, 0.4) is 0 Å². The smallest absolute Gasteiger partial charge is 0.0980 e. The van der Waals surface area contributed by atoms with Crippen LogP contribution in [0.2, 0.25) is 0 Å². The second-order valence-corrected chi connectivity index (χ2v) is 18.6. The number of nitrogens with zero attached hydrogens (tertiary/aromatic N) is 3. The van der Waals surface area contributed by atoms with Gasteiger partial charge in [-0.05, 0) is 155 Å². The maximum atomic E-state index is 4.98. The first-order chi connectivity index (χ1) is 33.1. The van der Waals surface area contributed by atoms with E-state index in [-0.39, 0.29) is 0 Å². The normalized spacial score (nSPS) is 14.7. The Hall–Kier alpha value is -8.66. The molecule has 0 radical (unpaired) electrons. The van der Waals surface area contributed by atoms with Crippen molar-refractivity contribution in [2.24, 2.45) is 0 Å². The lowest BCUT2D eigenvalue weighted by Gasteiger charge is -2.30. The first-order valence-electron chi connectivity index (χ1n) is 23.2. The Morgan fingerprint density at radius 2 is 0.955 bits per heavy atom. The predicted molar refractivity (Wildman–Crippen MR) is 278 cm³/mol. The number of rotatable bonds is 3. The van der Waals surface area contributed by atoms with Crippen LogP contribution in [0.15, 0.2) is 219 Å². The van der Waals surface area contributed by atoms with E-state index in [9.17, 15) is 0 Å². The van der Waals surface area contributed by atoms with E-state index in [0.717, 1.165) is 16.9 Å². The van der Waals surface area contributed by atoms with E-state index in [4.69, 9.17) is 5.10 Å². The van der Waals surface area contributed by atoms with Crippen LogP contribution in [-0.2, 0) is 5.41 Å². The Kier molecular flexibility index (Phi) is 7.36. The minimum Gasteiger partial charge on any atom is -0.309 e. The molecule has 1 spiro atoms. The molecule has 13 aromatic rings. The molecule has 3 heteroatoms. The lowest BCUT2D eigenvalue weighted by molar-refractivity contribution is 0.787. The SMILES string of the molecule is Cc1ccc2cc(-c3c4ccccc4c(-c4ccc5c(c4)C4(c6ccccc6-c6cc7c8cc9ccccc9cc8n(-c8ccccc8)c7cc64)c4ccnnc4-5)c4ccccc34)ccc2c1. The maximum absolute atomic E-state index is 4.98. The van der Waals surface area contributed by atoms with Gasteiger partial charge in [-0.3, -0.25) is 0 Å². The number of fused-ring (bicyclic) bond motifs is 17. The number of para-hydroxylation sites is 1. The molecular formula is C64H39N3. The number of hydrogen-bond acceptors (Lipinski definition) is 2. The Morgan fingerprint density at radius 1 is 0.373 bits per heavy atom. The molecular weight excluding hydrogens is 811 g/mol. The molecule has 1 atom stereocenters. The average molecular weight is 850 g/mol. The minimum atomic E-state index is -0.644. The molecule has 0 amide bonds. The van der Waals surface area contributed by atoms with Gasteiger partial charge in [0.2, 0.25) is 0 Å². The van der Waals surface area contributed by atoms with Crippen molar-refractivity contribution in [3.63, 3.8) is 0 Å². The van der Waals surface area contributed by atoms with Crippen molar-refractivity contribution in [3.8, 4) is 50.3 Å². The largest absolute Gasteiger partial charge is 0.309 e. The predicted octanol–water partition coefficient (Wildman–Crippen LogP) is 16.2. The molecule has 2 aromatic heterocycles. The minimum absolute atomic E-state index is 0.644. The molecule has 2 aliphatic rings. The Bertz CT molecular complexity index is 4240. The molecule has 1 unspecified atom stereocenters. The van der Waals surface area contributed by atoms with Gasteiger partial charge in [-0.25, -0.2) is 0 Å². The lowest BCUT2D eigenvalue weighted by atomic mass is 9.70. The van der Waals surface area contributed by atoms with Gasteiger partial charge in [0, 0.05) is 33.8 Å². The van der Waals surface area contributed by atoms with Gasteiger partial charge >= 0.3 is 0 Å². The first kappa shape index (κ1) is 36.7.